The molecule has 2 unspecified atom stereocenters. The van der Waals surface area contributed by atoms with Gasteiger partial charge in [-0.05, 0) is 84.5 Å². The van der Waals surface area contributed by atoms with Crippen molar-refractivity contribution in [2.45, 2.75) is 110 Å². The molecule has 0 amide bonds. The third-order valence-electron chi connectivity index (χ3n) is 8.21. The molecule has 4 bridgehead atoms. The van der Waals surface area contributed by atoms with E-state index in [1.54, 1.807) is 0 Å². The van der Waals surface area contributed by atoms with Gasteiger partial charge in [-0.3, -0.25) is 9.59 Å². The summed E-state index contributed by atoms with van der Waals surface area (Å²) in [6.45, 7) is 11.8. The number of hydrogen-bond acceptors (Lipinski definition) is 7. The first-order valence-electron chi connectivity index (χ1n) is 12.6. The van der Waals surface area contributed by atoms with Gasteiger partial charge in [0.2, 0.25) is 0 Å². The van der Waals surface area contributed by atoms with Gasteiger partial charge in [-0.25, -0.2) is 0 Å². The number of carbonyl (C=O) groups excluding carboxylic acids is 2. The Morgan fingerprint density at radius 2 is 1.42 bits per heavy atom. The number of rotatable bonds is 6. The van der Waals surface area contributed by atoms with E-state index >= 15 is 0 Å². The Morgan fingerprint density at radius 1 is 0.909 bits per heavy atom. The maximum atomic E-state index is 12.4. The van der Waals surface area contributed by atoms with Gasteiger partial charge in [0.1, 0.15) is 11.7 Å². The molecule has 4 aliphatic carbocycles. The Balaban J connectivity index is 0.000000196. The Bertz CT molecular complexity index is 699. The van der Waals surface area contributed by atoms with E-state index < -0.39 is 11.0 Å². The third kappa shape index (κ3) is 6.63. The molecule has 4 saturated carbocycles. The molecule has 0 aromatic carbocycles. The molecular weight excluding hydrogens is 456 g/mol. The first-order valence-corrected chi connectivity index (χ1v) is 15.0. The van der Waals surface area contributed by atoms with E-state index in [0.29, 0.717) is 18.3 Å². The van der Waals surface area contributed by atoms with Crippen molar-refractivity contribution in [3.05, 3.63) is 0 Å². The summed E-state index contributed by atoms with van der Waals surface area (Å²) in [5, 5.41) is 11.8. The van der Waals surface area contributed by atoms with E-state index in [1.165, 1.54) is 6.42 Å². The summed E-state index contributed by atoms with van der Waals surface area (Å²) in [7, 11) is 0. The van der Waals surface area contributed by atoms with Crippen molar-refractivity contribution in [1.82, 2.24) is 0 Å². The highest BCUT2D eigenvalue weighted by Gasteiger charge is 2.59. The van der Waals surface area contributed by atoms with Crippen LogP contribution in [0.15, 0.2) is 0 Å². The Kier molecular flexibility index (Phi) is 8.49. The van der Waals surface area contributed by atoms with Gasteiger partial charge in [0.05, 0.1) is 16.4 Å². The van der Waals surface area contributed by atoms with Crippen LogP contribution in [0.1, 0.15) is 92.9 Å². The van der Waals surface area contributed by atoms with E-state index in [1.807, 2.05) is 65.1 Å². The van der Waals surface area contributed by atoms with Crippen molar-refractivity contribution in [2.75, 3.05) is 16.6 Å². The summed E-state index contributed by atoms with van der Waals surface area (Å²) in [4.78, 5) is 24.1. The largest absolute Gasteiger partial charge is 0.460 e. The van der Waals surface area contributed by atoms with Gasteiger partial charge in [-0.2, -0.15) is 0 Å². The second-order valence-corrected chi connectivity index (χ2v) is 14.5. The van der Waals surface area contributed by atoms with Gasteiger partial charge in [0.15, 0.2) is 0 Å². The standard InChI is InChI=1S/C16H26O3.C10H18O2S2/c1-4-14(2,3)13(17)19-16-8-11-5-12(9-16)7-15(18,6-11)10-16;1-4-10(2,3)9(11)12-8-5-13-7-14-6-8/h11-12,18H,4-10H2,1-3H3;8H,4-7H2,1-3H3. The quantitative estimate of drug-likeness (QED) is 0.461. The molecule has 1 saturated heterocycles. The van der Waals surface area contributed by atoms with E-state index in [2.05, 4.69) is 0 Å². The van der Waals surface area contributed by atoms with Crippen LogP contribution in [0.3, 0.4) is 0 Å². The van der Waals surface area contributed by atoms with Gasteiger partial charge >= 0.3 is 11.9 Å². The van der Waals surface area contributed by atoms with Crippen LogP contribution >= 0.6 is 23.5 Å². The molecule has 0 aromatic heterocycles. The molecule has 33 heavy (non-hydrogen) atoms. The lowest BCUT2D eigenvalue weighted by molar-refractivity contribution is -0.225. The lowest BCUT2D eigenvalue weighted by Crippen LogP contribution is -2.61. The number of ether oxygens (including phenoxy) is 2. The summed E-state index contributed by atoms with van der Waals surface area (Å²) in [5.74, 6) is 2.90. The molecule has 1 heterocycles. The normalized spacial score (nSPS) is 33.8. The smallest absolute Gasteiger partial charge is 0.312 e. The topological polar surface area (TPSA) is 72.8 Å². The van der Waals surface area contributed by atoms with Gasteiger partial charge in [-0.1, -0.05) is 13.8 Å². The van der Waals surface area contributed by atoms with Crippen molar-refractivity contribution in [3.63, 3.8) is 0 Å². The second-order valence-electron chi connectivity index (χ2n) is 12.1. The molecule has 5 fully saturated rings. The number of aliphatic hydroxyl groups is 1. The summed E-state index contributed by atoms with van der Waals surface area (Å²) >= 11 is 3.70. The number of hydrogen-bond donors (Lipinski definition) is 1. The molecular formula is C26H44O5S2. The van der Waals surface area contributed by atoms with Crippen molar-refractivity contribution in [2.24, 2.45) is 22.7 Å². The highest BCUT2D eigenvalue weighted by Crippen LogP contribution is 2.59. The van der Waals surface area contributed by atoms with Crippen LogP contribution in [0.2, 0.25) is 0 Å². The van der Waals surface area contributed by atoms with Gasteiger partial charge in [0.25, 0.3) is 0 Å². The highest BCUT2D eigenvalue weighted by atomic mass is 32.2. The maximum absolute atomic E-state index is 12.4. The van der Waals surface area contributed by atoms with Crippen molar-refractivity contribution >= 4 is 35.5 Å². The van der Waals surface area contributed by atoms with E-state index in [0.717, 1.165) is 55.1 Å². The third-order valence-corrected chi connectivity index (χ3v) is 10.8. The molecule has 5 aliphatic rings. The zero-order valence-electron chi connectivity index (χ0n) is 21.4. The van der Waals surface area contributed by atoms with E-state index in [9.17, 15) is 14.7 Å². The fraction of sp³-hybridized carbons (Fsp3) is 0.923. The average molecular weight is 501 g/mol. The molecule has 5 nitrogen and oxygen atoms in total. The molecule has 7 heteroatoms. The minimum atomic E-state index is -0.555. The monoisotopic (exact) mass is 500 g/mol. The van der Waals surface area contributed by atoms with Crippen LogP contribution < -0.4 is 0 Å². The fourth-order valence-corrected chi connectivity index (χ4v) is 8.01. The number of thioether (sulfide) groups is 2. The Labute approximate surface area is 208 Å². The predicted molar refractivity (Wildman–Crippen MR) is 136 cm³/mol. The molecule has 0 aromatic rings. The lowest BCUT2D eigenvalue weighted by Gasteiger charge is -2.59. The van der Waals surface area contributed by atoms with Crippen molar-refractivity contribution in [3.8, 4) is 0 Å². The van der Waals surface area contributed by atoms with Crippen LogP contribution in [0, 0.1) is 22.7 Å². The zero-order chi connectivity index (χ0) is 24.5. The van der Waals surface area contributed by atoms with Crippen LogP contribution in [-0.4, -0.2) is 50.9 Å². The predicted octanol–water partition coefficient (Wildman–Crippen LogP) is 5.82. The lowest BCUT2D eigenvalue weighted by atomic mass is 9.52. The SMILES string of the molecule is CCC(C)(C)C(=O)OC12CC3CC(CC(O)(C3)C1)C2.CCC(C)(C)C(=O)OC1CSCSC1. The fourth-order valence-electron chi connectivity index (χ4n) is 5.72. The minimum Gasteiger partial charge on any atom is -0.460 e. The minimum absolute atomic E-state index is 0.0481. The molecule has 5 rings (SSSR count). The summed E-state index contributed by atoms with van der Waals surface area (Å²) in [6, 6.07) is 0. The van der Waals surface area contributed by atoms with E-state index in [4.69, 9.17) is 9.47 Å². The number of esters is 2. The first kappa shape index (κ1) is 27.2. The van der Waals surface area contributed by atoms with Gasteiger partial charge in [-0.15, -0.1) is 23.5 Å². The van der Waals surface area contributed by atoms with Gasteiger partial charge < -0.3 is 14.6 Å². The van der Waals surface area contributed by atoms with Crippen molar-refractivity contribution < 1.29 is 24.2 Å². The molecule has 0 spiro atoms. The Hall–Kier alpha value is -0.400. The molecule has 0 radical (unpaired) electrons. The van der Waals surface area contributed by atoms with Crippen LogP contribution in [0.5, 0.6) is 0 Å². The first-order chi connectivity index (χ1) is 15.3. The highest BCUT2D eigenvalue weighted by molar-refractivity contribution is 8.16. The van der Waals surface area contributed by atoms with Crippen LogP contribution in [0.25, 0.3) is 0 Å². The van der Waals surface area contributed by atoms with Crippen molar-refractivity contribution in [1.29, 1.82) is 0 Å². The summed E-state index contributed by atoms with van der Waals surface area (Å²) < 4.78 is 11.4. The zero-order valence-corrected chi connectivity index (χ0v) is 23.0. The molecule has 1 N–H and O–H groups in total. The summed E-state index contributed by atoms with van der Waals surface area (Å²) in [5.41, 5.74) is -1.65. The molecule has 1 aliphatic heterocycles. The van der Waals surface area contributed by atoms with Crippen LogP contribution in [-0.2, 0) is 19.1 Å². The van der Waals surface area contributed by atoms with Gasteiger partial charge in [0, 0.05) is 23.0 Å². The van der Waals surface area contributed by atoms with Crippen LogP contribution in [0.4, 0.5) is 0 Å². The molecule has 190 valence electrons. The summed E-state index contributed by atoms with van der Waals surface area (Å²) in [6.07, 6.45) is 7.40. The second kappa shape index (κ2) is 10.3. The number of carbonyl (C=O) groups is 2. The Morgan fingerprint density at radius 3 is 1.91 bits per heavy atom. The van der Waals surface area contributed by atoms with E-state index in [-0.39, 0.29) is 29.1 Å². The maximum Gasteiger partial charge on any atom is 0.312 e. The molecule has 2 atom stereocenters. The average Bonchev–Trinajstić information content (AvgIpc) is 2.72.